The molecule has 0 fully saturated rings. The molecule has 2 atom stereocenters. The van der Waals surface area contributed by atoms with Gasteiger partial charge in [0, 0.05) is 13.7 Å². The summed E-state index contributed by atoms with van der Waals surface area (Å²) < 4.78 is 16.0. The molecule has 0 bridgehead atoms. The predicted molar refractivity (Wildman–Crippen MR) is 103 cm³/mol. The summed E-state index contributed by atoms with van der Waals surface area (Å²) >= 11 is 0. The van der Waals surface area contributed by atoms with Crippen molar-refractivity contribution in [2.24, 2.45) is 5.73 Å². The van der Waals surface area contributed by atoms with E-state index >= 15 is 0 Å². The average molecular weight is 370 g/mol. The zero-order valence-electron chi connectivity index (χ0n) is 16.0. The van der Waals surface area contributed by atoms with Crippen LogP contribution >= 0.6 is 0 Å². The number of fused-ring (bicyclic) bond motifs is 1. The van der Waals surface area contributed by atoms with Gasteiger partial charge in [0.15, 0.2) is 11.5 Å². The van der Waals surface area contributed by atoms with Crippen LogP contribution in [0.25, 0.3) is 0 Å². The Morgan fingerprint density at radius 1 is 1.15 bits per heavy atom. The number of rotatable bonds is 6. The van der Waals surface area contributed by atoms with Crippen molar-refractivity contribution < 1.29 is 19.0 Å². The molecule has 0 saturated heterocycles. The number of carbonyl (C=O) groups is 1. The van der Waals surface area contributed by atoms with Gasteiger partial charge in [0.25, 0.3) is 0 Å². The van der Waals surface area contributed by atoms with Crippen LogP contribution in [0.5, 0.6) is 11.5 Å². The van der Waals surface area contributed by atoms with Crippen LogP contribution in [-0.4, -0.2) is 51.3 Å². The second-order valence-corrected chi connectivity index (χ2v) is 6.56. The fourth-order valence-corrected chi connectivity index (χ4v) is 3.64. The number of hydrogen-bond donors (Lipinski definition) is 1. The first-order valence-corrected chi connectivity index (χ1v) is 8.95. The number of amides is 1. The lowest BCUT2D eigenvalue weighted by atomic mass is 9.87. The van der Waals surface area contributed by atoms with E-state index in [-0.39, 0.29) is 18.6 Å². The summed E-state index contributed by atoms with van der Waals surface area (Å²) in [6, 6.07) is 13.0. The number of hydrogen-bond acceptors (Lipinski definition) is 5. The highest BCUT2D eigenvalue weighted by Crippen LogP contribution is 2.41. The van der Waals surface area contributed by atoms with E-state index in [9.17, 15) is 4.79 Å². The van der Waals surface area contributed by atoms with E-state index in [1.54, 1.807) is 21.3 Å². The van der Waals surface area contributed by atoms with Crippen LogP contribution in [0.4, 0.5) is 0 Å². The molecule has 2 aromatic carbocycles. The van der Waals surface area contributed by atoms with Gasteiger partial charge in [0.05, 0.1) is 26.9 Å². The predicted octanol–water partition coefficient (Wildman–Crippen LogP) is 2.15. The molecule has 0 aromatic heterocycles. The summed E-state index contributed by atoms with van der Waals surface area (Å²) in [6.45, 7) is 0.772. The standard InChI is InChI=1S/C21H26N2O4/c1-25-13-17(22)21(24)23-10-9-15-11-18(26-2)19(27-3)12-16(15)20(23)14-7-5-4-6-8-14/h4-8,11-12,17,20H,9-10,13,22H2,1-3H3. The Labute approximate surface area is 159 Å². The molecule has 2 unspecified atom stereocenters. The zero-order chi connectivity index (χ0) is 19.4. The Morgan fingerprint density at radius 2 is 1.81 bits per heavy atom. The molecule has 1 heterocycles. The third kappa shape index (κ3) is 3.77. The summed E-state index contributed by atoms with van der Waals surface area (Å²) in [7, 11) is 4.79. The van der Waals surface area contributed by atoms with Gasteiger partial charge >= 0.3 is 0 Å². The van der Waals surface area contributed by atoms with Crippen LogP contribution in [0.2, 0.25) is 0 Å². The average Bonchev–Trinajstić information content (AvgIpc) is 2.72. The molecule has 0 radical (unpaired) electrons. The zero-order valence-corrected chi connectivity index (χ0v) is 16.0. The highest BCUT2D eigenvalue weighted by atomic mass is 16.5. The van der Waals surface area contributed by atoms with Gasteiger partial charge in [-0.05, 0) is 35.2 Å². The second-order valence-electron chi connectivity index (χ2n) is 6.56. The maximum absolute atomic E-state index is 13.0. The normalized spacial score (nSPS) is 17.2. The summed E-state index contributed by atoms with van der Waals surface area (Å²) in [5.74, 6) is 1.22. The molecule has 6 nitrogen and oxygen atoms in total. The summed E-state index contributed by atoms with van der Waals surface area (Å²) in [5, 5.41) is 0. The summed E-state index contributed by atoms with van der Waals surface area (Å²) in [4.78, 5) is 14.9. The van der Waals surface area contributed by atoms with Gasteiger partial charge in [-0.15, -0.1) is 0 Å². The Hall–Kier alpha value is -2.57. The van der Waals surface area contributed by atoms with Crippen molar-refractivity contribution >= 4 is 5.91 Å². The molecule has 0 spiro atoms. The highest BCUT2D eigenvalue weighted by Gasteiger charge is 2.35. The largest absolute Gasteiger partial charge is 0.493 e. The Bertz CT molecular complexity index is 794. The number of nitrogens with zero attached hydrogens (tertiary/aromatic N) is 1. The third-order valence-corrected chi connectivity index (χ3v) is 4.94. The minimum absolute atomic E-state index is 0.119. The van der Waals surface area contributed by atoms with Gasteiger partial charge in [0.2, 0.25) is 5.91 Å². The molecule has 27 heavy (non-hydrogen) atoms. The number of carbonyl (C=O) groups excluding carboxylic acids is 1. The maximum atomic E-state index is 13.0. The number of ether oxygens (including phenoxy) is 3. The monoisotopic (exact) mass is 370 g/mol. The van der Waals surface area contributed by atoms with Crippen molar-refractivity contribution in [3.8, 4) is 11.5 Å². The first kappa shape index (κ1) is 19.2. The molecule has 0 saturated carbocycles. The third-order valence-electron chi connectivity index (χ3n) is 4.94. The Kier molecular flexibility index (Phi) is 5.98. The number of nitrogens with two attached hydrogens (primary N) is 1. The molecule has 2 aromatic rings. The van der Waals surface area contributed by atoms with Crippen LogP contribution in [0.1, 0.15) is 22.7 Å². The molecule has 3 rings (SSSR count). The minimum Gasteiger partial charge on any atom is -0.493 e. The van der Waals surface area contributed by atoms with Crippen LogP contribution in [0.15, 0.2) is 42.5 Å². The Balaban J connectivity index is 2.09. The summed E-state index contributed by atoms with van der Waals surface area (Å²) in [5.41, 5.74) is 9.27. The van der Waals surface area contributed by atoms with Crippen LogP contribution in [0, 0.1) is 0 Å². The van der Waals surface area contributed by atoms with E-state index in [0.717, 1.165) is 23.1 Å². The molecular weight excluding hydrogens is 344 g/mol. The number of methoxy groups -OCH3 is 3. The second kappa shape index (κ2) is 8.41. The fraction of sp³-hybridized carbons (Fsp3) is 0.381. The molecular formula is C21H26N2O4. The van der Waals surface area contributed by atoms with E-state index in [0.29, 0.717) is 18.0 Å². The molecule has 144 valence electrons. The van der Waals surface area contributed by atoms with Crippen molar-refractivity contribution in [2.45, 2.75) is 18.5 Å². The van der Waals surface area contributed by atoms with Gasteiger partial charge in [-0.1, -0.05) is 30.3 Å². The molecule has 1 amide bonds. The molecule has 1 aliphatic rings. The maximum Gasteiger partial charge on any atom is 0.242 e. The smallest absolute Gasteiger partial charge is 0.242 e. The van der Waals surface area contributed by atoms with Gasteiger partial charge in [-0.3, -0.25) is 4.79 Å². The molecule has 0 aliphatic carbocycles. The van der Waals surface area contributed by atoms with E-state index < -0.39 is 6.04 Å². The molecule has 1 aliphatic heterocycles. The van der Waals surface area contributed by atoms with Gasteiger partial charge in [0.1, 0.15) is 6.04 Å². The molecule has 6 heteroatoms. The van der Waals surface area contributed by atoms with E-state index in [1.807, 2.05) is 47.4 Å². The van der Waals surface area contributed by atoms with Crippen LogP contribution in [-0.2, 0) is 16.0 Å². The lowest BCUT2D eigenvalue weighted by molar-refractivity contribution is -0.135. The Morgan fingerprint density at radius 3 is 2.44 bits per heavy atom. The topological polar surface area (TPSA) is 74.0 Å². The van der Waals surface area contributed by atoms with Crippen LogP contribution in [0.3, 0.4) is 0 Å². The van der Waals surface area contributed by atoms with Crippen LogP contribution < -0.4 is 15.2 Å². The first-order chi connectivity index (χ1) is 13.1. The summed E-state index contributed by atoms with van der Waals surface area (Å²) in [6.07, 6.45) is 0.727. The van der Waals surface area contributed by atoms with Crippen molar-refractivity contribution in [2.75, 3.05) is 34.5 Å². The van der Waals surface area contributed by atoms with Crippen molar-refractivity contribution in [1.29, 1.82) is 0 Å². The lowest BCUT2D eigenvalue weighted by Crippen LogP contribution is -2.50. The highest BCUT2D eigenvalue weighted by molar-refractivity contribution is 5.83. The van der Waals surface area contributed by atoms with E-state index in [2.05, 4.69) is 0 Å². The lowest BCUT2D eigenvalue weighted by Gasteiger charge is -2.39. The first-order valence-electron chi connectivity index (χ1n) is 8.95. The van der Waals surface area contributed by atoms with Gasteiger partial charge < -0.3 is 24.8 Å². The molecule has 2 N–H and O–H groups in total. The van der Waals surface area contributed by atoms with Gasteiger partial charge in [-0.2, -0.15) is 0 Å². The van der Waals surface area contributed by atoms with E-state index in [4.69, 9.17) is 19.9 Å². The SMILES string of the molecule is COCC(N)C(=O)N1CCc2cc(OC)c(OC)cc2C1c1ccccc1. The fourth-order valence-electron chi connectivity index (χ4n) is 3.64. The minimum atomic E-state index is -0.692. The van der Waals surface area contributed by atoms with Crippen molar-refractivity contribution in [3.63, 3.8) is 0 Å². The van der Waals surface area contributed by atoms with Gasteiger partial charge in [-0.25, -0.2) is 0 Å². The van der Waals surface area contributed by atoms with E-state index in [1.165, 1.54) is 0 Å². The number of benzene rings is 2. The van der Waals surface area contributed by atoms with Crippen molar-refractivity contribution in [1.82, 2.24) is 4.90 Å². The quantitative estimate of drug-likeness (QED) is 0.843. The van der Waals surface area contributed by atoms with Crippen molar-refractivity contribution in [3.05, 3.63) is 59.2 Å².